The number of rotatable bonds is 6. The Bertz CT molecular complexity index is 559. The lowest BCUT2D eigenvalue weighted by atomic mass is 9.99. The SMILES string of the molecule is CCCN(CC)c1ccc(C(=O)N2C[C@@H](C)[C@H](C(=O)O)C2)cn1. The second-order valence-electron chi connectivity index (χ2n) is 6.12. The van der Waals surface area contributed by atoms with Crippen LogP contribution in [-0.4, -0.2) is 53.0 Å². The molecule has 23 heavy (non-hydrogen) atoms. The Morgan fingerprint density at radius 1 is 1.35 bits per heavy atom. The van der Waals surface area contributed by atoms with Crippen LogP contribution in [0.5, 0.6) is 0 Å². The maximum absolute atomic E-state index is 12.5. The first-order valence-corrected chi connectivity index (χ1v) is 8.21. The number of carbonyl (C=O) groups is 2. The lowest BCUT2D eigenvalue weighted by Crippen LogP contribution is -2.30. The fourth-order valence-corrected chi connectivity index (χ4v) is 3.04. The summed E-state index contributed by atoms with van der Waals surface area (Å²) in [5, 5.41) is 9.17. The van der Waals surface area contributed by atoms with Crippen molar-refractivity contribution in [3.63, 3.8) is 0 Å². The van der Waals surface area contributed by atoms with Gasteiger partial charge in [-0.2, -0.15) is 0 Å². The highest BCUT2D eigenvalue weighted by molar-refractivity contribution is 5.94. The minimum Gasteiger partial charge on any atom is -0.481 e. The Balaban J connectivity index is 2.07. The van der Waals surface area contributed by atoms with Crippen LogP contribution in [0.25, 0.3) is 0 Å². The molecule has 0 saturated carbocycles. The molecule has 1 aromatic heterocycles. The van der Waals surface area contributed by atoms with E-state index in [-0.39, 0.29) is 18.4 Å². The average Bonchev–Trinajstić information content (AvgIpc) is 2.94. The van der Waals surface area contributed by atoms with Crippen molar-refractivity contribution in [3.05, 3.63) is 23.9 Å². The molecule has 6 nitrogen and oxygen atoms in total. The van der Waals surface area contributed by atoms with Crippen LogP contribution in [0.4, 0.5) is 5.82 Å². The molecule has 2 atom stereocenters. The molecule has 2 rings (SSSR count). The second-order valence-corrected chi connectivity index (χ2v) is 6.12. The lowest BCUT2D eigenvalue weighted by molar-refractivity contribution is -0.142. The van der Waals surface area contributed by atoms with Crippen LogP contribution in [-0.2, 0) is 4.79 Å². The number of carbonyl (C=O) groups excluding carboxylic acids is 1. The molecule has 0 aromatic carbocycles. The summed E-state index contributed by atoms with van der Waals surface area (Å²) >= 11 is 0. The largest absolute Gasteiger partial charge is 0.481 e. The molecule has 1 aromatic rings. The van der Waals surface area contributed by atoms with Gasteiger partial charge in [-0.1, -0.05) is 13.8 Å². The number of aromatic nitrogens is 1. The van der Waals surface area contributed by atoms with Crippen LogP contribution in [0.3, 0.4) is 0 Å². The summed E-state index contributed by atoms with van der Waals surface area (Å²) in [5.74, 6) is -0.614. The van der Waals surface area contributed by atoms with E-state index in [1.807, 2.05) is 13.0 Å². The molecule has 0 aliphatic carbocycles. The zero-order chi connectivity index (χ0) is 17.0. The molecular formula is C17H25N3O3. The van der Waals surface area contributed by atoms with Gasteiger partial charge in [0.05, 0.1) is 11.5 Å². The molecule has 0 radical (unpaired) electrons. The van der Waals surface area contributed by atoms with Gasteiger partial charge in [-0.3, -0.25) is 9.59 Å². The Kier molecular flexibility index (Phi) is 5.58. The van der Waals surface area contributed by atoms with E-state index < -0.39 is 11.9 Å². The summed E-state index contributed by atoms with van der Waals surface area (Å²) in [4.78, 5) is 31.9. The summed E-state index contributed by atoms with van der Waals surface area (Å²) in [5.41, 5.74) is 0.513. The molecule has 1 amide bonds. The fourth-order valence-electron chi connectivity index (χ4n) is 3.04. The summed E-state index contributed by atoms with van der Waals surface area (Å²) in [6.07, 6.45) is 2.63. The number of carboxylic acids is 1. The van der Waals surface area contributed by atoms with Gasteiger partial charge in [0.2, 0.25) is 0 Å². The van der Waals surface area contributed by atoms with E-state index in [0.717, 1.165) is 25.3 Å². The zero-order valence-corrected chi connectivity index (χ0v) is 14.0. The molecule has 0 bridgehead atoms. The van der Waals surface area contributed by atoms with Crippen LogP contribution in [0.2, 0.25) is 0 Å². The molecule has 1 aliphatic heterocycles. The third-order valence-electron chi connectivity index (χ3n) is 4.41. The first kappa shape index (κ1) is 17.2. The number of pyridine rings is 1. The average molecular weight is 319 g/mol. The van der Waals surface area contributed by atoms with Crippen molar-refractivity contribution in [3.8, 4) is 0 Å². The summed E-state index contributed by atoms with van der Waals surface area (Å²) in [6.45, 7) is 8.63. The van der Waals surface area contributed by atoms with Crippen molar-refractivity contribution < 1.29 is 14.7 Å². The third kappa shape index (κ3) is 3.81. The first-order chi connectivity index (χ1) is 11.0. The second kappa shape index (κ2) is 7.44. The lowest BCUT2D eigenvalue weighted by Gasteiger charge is -2.21. The Labute approximate surface area is 137 Å². The highest BCUT2D eigenvalue weighted by Crippen LogP contribution is 2.25. The van der Waals surface area contributed by atoms with E-state index in [2.05, 4.69) is 23.7 Å². The van der Waals surface area contributed by atoms with Crippen molar-refractivity contribution >= 4 is 17.7 Å². The molecule has 1 N–H and O–H groups in total. The Morgan fingerprint density at radius 2 is 2.09 bits per heavy atom. The van der Waals surface area contributed by atoms with Crippen LogP contribution >= 0.6 is 0 Å². The van der Waals surface area contributed by atoms with Gasteiger partial charge in [-0.25, -0.2) is 4.98 Å². The van der Waals surface area contributed by atoms with Crippen molar-refractivity contribution in [2.24, 2.45) is 11.8 Å². The molecule has 1 fully saturated rings. The fraction of sp³-hybridized carbons (Fsp3) is 0.588. The highest BCUT2D eigenvalue weighted by atomic mass is 16.4. The smallest absolute Gasteiger partial charge is 0.308 e. The summed E-state index contributed by atoms with van der Waals surface area (Å²) in [6, 6.07) is 3.64. The maximum Gasteiger partial charge on any atom is 0.308 e. The van der Waals surface area contributed by atoms with Crippen molar-refractivity contribution in [1.29, 1.82) is 0 Å². The number of aliphatic carboxylic acids is 1. The Hall–Kier alpha value is -2.11. The molecule has 2 heterocycles. The van der Waals surface area contributed by atoms with Crippen molar-refractivity contribution in [1.82, 2.24) is 9.88 Å². The molecule has 0 unspecified atom stereocenters. The number of amides is 1. The van der Waals surface area contributed by atoms with Crippen molar-refractivity contribution in [2.75, 3.05) is 31.1 Å². The minimum atomic E-state index is -0.834. The maximum atomic E-state index is 12.5. The predicted octanol–water partition coefficient (Wildman–Crippen LogP) is 2.11. The number of carboxylic acid groups (broad SMARTS) is 1. The van der Waals surface area contributed by atoms with Gasteiger partial charge >= 0.3 is 5.97 Å². The molecule has 0 spiro atoms. The summed E-state index contributed by atoms with van der Waals surface area (Å²) < 4.78 is 0. The molecule has 6 heteroatoms. The van der Waals surface area contributed by atoms with Gasteiger partial charge in [0, 0.05) is 32.4 Å². The van der Waals surface area contributed by atoms with E-state index in [0.29, 0.717) is 12.1 Å². The number of hydrogen-bond acceptors (Lipinski definition) is 4. The quantitative estimate of drug-likeness (QED) is 0.869. The van der Waals surface area contributed by atoms with E-state index in [1.54, 1.807) is 17.2 Å². The molecule has 126 valence electrons. The van der Waals surface area contributed by atoms with Gasteiger partial charge in [0.1, 0.15) is 5.82 Å². The topological polar surface area (TPSA) is 73.7 Å². The van der Waals surface area contributed by atoms with Crippen LogP contribution in [0.15, 0.2) is 18.3 Å². The first-order valence-electron chi connectivity index (χ1n) is 8.21. The van der Waals surface area contributed by atoms with Gasteiger partial charge in [0.25, 0.3) is 5.91 Å². The molecular weight excluding hydrogens is 294 g/mol. The van der Waals surface area contributed by atoms with Crippen LogP contribution in [0, 0.1) is 11.8 Å². The monoisotopic (exact) mass is 319 g/mol. The Morgan fingerprint density at radius 3 is 2.57 bits per heavy atom. The number of anilines is 1. The van der Waals surface area contributed by atoms with Gasteiger partial charge < -0.3 is 14.9 Å². The normalized spacial score (nSPS) is 20.6. The van der Waals surface area contributed by atoms with Crippen molar-refractivity contribution in [2.45, 2.75) is 27.2 Å². The van der Waals surface area contributed by atoms with E-state index in [1.165, 1.54) is 0 Å². The van der Waals surface area contributed by atoms with E-state index in [4.69, 9.17) is 0 Å². The van der Waals surface area contributed by atoms with Gasteiger partial charge in [-0.15, -0.1) is 0 Å². The summed E-state index contributed by atoms with van der Waals surface area (Å²) in [7, 11) is 0. The minimum absolute atomic E-state index is 0.0242. The number of nitrogens with zero attached hydrogens (tertiary/aromatic N) is 3. The highest BCUT2D eigenvalue weighted by Gasteiger charge is 2.37. The standard InChI is InChI=1S/C17H25N3O3/c1-4-8-19(5-2)15-7-6-13(9-18-15)16(21)20-10-12(3)14(11-20)17(22)23/h6-7,9,12,14H,4-5,8,10-11H2,1-3H3,(H,22,23)/t12-,14-/m1/s1. The third-order valence-corrected chi connectivity index (χ3v) is 4.41. The molecule has 1 saturated heterocycles. The van der Waals surface area contributed by atoms with Crippen LogP contribution < -0.4 is 4.90 Å². The van der Waals surface area contributed by atoms with Gasteiger partial charge in [-0.05, 0) is 31.4 Å². The number of hydrogen-bond donors (Lipinski definition) is 1. The van der Waals surface area contributed by atoms with Crippen LogP contribution in [0.1, 0.15) is 37.6 Å². The zero-order valence-electron chi connectivity index (χ0n) is 14.0. The molecule has 1 aliphatic rings. The predicted molar refractivity (Wildman–Crippen MR) is 88.6 cm³/mol. The van der Waals surface area contributed by atoms with E-state index >= 15 is 0 Å². The van der Waals surface area contributed by atoms with Gasteiger partial charge in [0.15, 0.2) is 0 Å². The number of likely N-dealkylation sites (tertiary alicyclic amines) is 1. The van der Waals surface area contributed by atoms with E-state index in [9.17, 15) is 14.7 Å².